The average Bonchev–Trinajstić information content (AvgIpc) is 2.69. The molecule has 16 heavy (non-hydrogen) atoms. The van der Waals surface area contributed by atoms with Gasteiger partial charge in [-0.25, -0.2) is 4.39 Å². The number of phenolic OH excluding ortho intramolecular Hbond substituents is 1. The molecule has 0 amide bonds. The van der Waals surface area contributed by atoms with Crippen molar-refractivity contribution in [3.05, 3.63) is 23.5 Å². The molecule has 3 nitrogen and oxygen atoms in total. The van der Waals surface area contributed by atoms with E-state index in [0.29, 0.717) is 11.3 Å². The number of ether oxygens (including phenoxy) is 1. The van der Waals surface area contributed by atoms with Crippen LogP contribution in [0.3, 0.4) is 0 Å². The molecule has 0 spiro atoms. The summed E-state index contributed by atoms with van der Waals surface area (Å²) in [4.78, 5) is 0. The molecular formula is C12H16FNO2. The van der Waals surface area contributed by atoms with Crippen molar-refractivity contribution in [3.8, 4) is 11.5 Å². The van der Waals surface area contributed by atoms with E-state index in [0.717, 1.165) is 25.7 Å². The largest absolute Gasteiger partial charge is 0.505 e. The van der Waals surface area contributed by atoms with Crippen LogP contribution in [-0.4, -0.2) is 12.2 Å². The molecule has 0 aliphatic heterocycles. The number of rotatable bonds is 2. The van der Waals surface area contributed by atoms with Crippen molar-refractivity contribution in [1.82, 2.24) is 0 Å². The van der Waals surface area contributed by atoms with Crippen LogP contribution in [-0.2, 0) is 5.54 Å². The van der Waals surface area contributed by atoms with Crippen LogP contribution >= 0.6 is 0 Å². The maximum absolute atomic E-state index is 13.2. The molecule has 1 aliphatic carbocycles. The molecule has 0 aromatic heterocycles. The molecule has 88 valence electrons. The number of methoxy groups -OCH3 is 1. The van der Waals surface area contributed by atoms with Crippen LogP contribution in [0.1, 0.15) is 31.2 Å². The molecular weight excluding hydrogens is 209 g/mol. The molecule has 3 N–H and O–H groups in total. The van der Waals surface area contributed by atoms with Crippen molar-refractivity contribution in [2.24, 2.45) is 5.73 Å². The van der Waals surface area contributed by atoms with E-state index in [-0.39, 0.29) is 5.75 Å². The normalized spacial score (nSPS) is 18.7. The Morgan fingerprint density at radius 1 is 1.38 bits per heavy atom. The average molecular weight is 225 g/mol. The maximum Gasteiger partial charge on any atom is 0.168 e. The predicted molar refractivity (Wildman–Crippen MR) is 59.0 cm³/mol. The van der Waals surface area contributed by atoms with Crippen LogP contribution in [0.15, 0.2) is 12.1 Å². The molecule has 0 saturated heterocycles. The number of halogens is 1. The number of aromatic hydroxyl groups is 1. The van der Waals surface area contributed by atoms with Gasteiger partial charge in [0.2, 0.25) is 0 Å². The molecule has 0 atom stereocenters. The number of nitrogens with two attached hydrogens (primary N) is 1. The summed E-state index contributed by atoms with van der Waals surface area (Å²) in [7, 11) is 1.48. The second kappa shape index (κ2) is 3.94. The lowest BCUT2D eigenvalue weighted by Crippen LogP contribution is -2.33. The van der Waals surface area contributed by atoms with Crippen LogP contribution in [0.2, 0.25) is 0 Å². The Labute approximate surface area is 94.0 Å². The van der Waals surface area contributed by atoms with Crippen LogP contribution in [0.5, 0.6) is 11.5 Å². The van der Waals surface area contributed by atoms with Gasteiger partial charge in [0.1, 0.15) is 5.75 Å². The molecule has 2 rings (SSSR count). The Balaban J connectivity index is 2.50. The van der Waals surface area contributed by atoms with Crippen molar-refractivity contribution in [2.45, 2.75) is 31.2 Å². The van der Waals surface area contributed by atoms with E-state index < -0.39 is 11.4 Å². The van der Waals surface area contributed by atoms with E-state index in [1.165, 1.54) is 19.2 Å². The van der Waals surface area contributed by atoms with Crippen molar-refractivity contribution < 1.29 is 14.2 Å². The Bertz CT molecular complexity index is 400. The lowest BCUT2D eigenvalue weighted by atomic mass is 9.88. The fraction of sp³-hybridized carbons (Fsp3) is 0.500. The number of benzene rings is 1. The van der Waals surface area contributed by atoms with E-state index >= 15 is 0 Å². The van der Waals surface area contributed by atoms with Gasteiger partial charge >= 0.3 is 0 Å². The van der Waals surface area contributed by atoms with E-state index in [4.69, 9.17) is 10.5 Å². The van der Waals surface area contributed by atoms with E-state index in [1.807, 2.05) is 0 Å². The zero-order valence-electron chi connectivity index (χ0n) is 9.29. The molecule has 0 heterocycles. The van der Waals surface area contributed by atoms with Crippen molar-refractivity contribution >= 4 is 0 Å². The molecule has 1 saturated carbocycles. The molecule has 1 aromatic carbocycles. The summed E-state index contributed by atoms with van der Waals surface area (Å²) in [5, 5.41) is 9.41. The summed E-state index contributed by atoms with van der Waals surface area (Å²) in [6, 6.07) is 2.58. The minimum Gasteiger partial charge on any atom is -0.505 e. The molecule has 1 fully saturated rings. The van der Waals surface area contributed by atoms with Crippen molar-refractivity contribution in [3.63, 3.8) is 0 Å². The first kappa shape index (κ1) is 11.2. The molecule has 1 aliphatic rings. The smallest absolute Gasteiger partial charge is 0.168 e. The van der Waals surface area contributed by atoms with E-state index in [1.54, 1.807) is 0 Å². The van der Waals surface area contributed by atoms with Crippen molar-refractivity contribution in [1.29, 1.82) is 0 Å². The van der Waals surface area contributed by atoms with Gasteiger partial charge < -0.3 is 15.6 Å². The van der Waals surface area contributed by atoms with Gasteiger partial charge in [0.05, 0.1) is 7.11 Å². The van der Waals surface area contributed by atoms with Gasteiger partial charge in [0.25, 0.3) is 0 Å². The highest BCUT2D eigenvalue weighted by atomic mass is 19.1. The topological polar surface area (TPSA) is 55.5 Å². The molecule has 0 bridgehead atoms. The van der Waals surface area contributed by atoms with Crippen molar-refractivity contribution in [2.75, 3.05) is 7.11 Å². The first-order valence-corrected chi connectivity index (χ1v) is 5.43. The zero-order valence-corrected chi connectivity index (χ0v) is 9.29. The molecule has 1 aromatic rings. The number of hydrogen-bond donors (Lipinski definition) is 2. The number of phenols is 1. The van der Waals surface area contributed by atoms with Crippen LogP contribution < -0.4 is 10.5 Å². The summed E-state index contributed by atoms with van der Waals surface area (Å²) in [5.41, 5.74) is 6.47. The second-order valence-electron chi connectivity index (χ2n) is 4.37. The summed E-state index contributed by atoms with van der Waals surface area (Å²) in [5.74, 6) is -0.630. The molecule has 0 unspecified atom stereocenters. The van der Waals surface area contributed by atoms with Gasteiger partial charge in [0, 0.05) is 17.2 Å². The van der Waals surface area contributed by atoms with E-state index in [2.05, 4.69) is 0 Å². The minimum absolute atomic E-state index is 0.368. The Morgan fingerprint density at radius 2 is 2.00 bits per heavy atom. The SMILES string of the molecule is COc1cc(F)c(O)cc1C1(N)CCCC1. The van der Waals surface area contributed by atoms with Crippen LogP contribution in [0.4, 0.5) is 4.39 Å². The van der Waals surface area contributed by atoms with Gasteiger partial charge in [-0.3, -0.25) is 0 Å². The number of hydrogen-bond acceptors (Lipinski definition) is 3. The summed E-state index contributed by atoms with van der Waals surface area (Å²) in [6.07, 6.45) is 3.79. The third-order valence-electron chi connectivity index (χ3n) is 3.30. The zero-order chi connectivity index (χ0) is 11.8. The Hall–Kier alpha value is -1.29. The second-order valence-corrected chi connectivity index (χ2v) is 4.37. The first-order valence-electron chi connectivity index (χ1n) is 5.43. The van der Waals surface area contributed by atoms with Gasteiger partial charge in [-0.15, -0.1) is 0 Å². The summed E-state index contributed by atoms with van der Waals surface area (Å²) in [6.45, 7) is 0. The Kier molecular flexibility index (Phi) is 2.76. The lowest BCUT2D eigenvalue weighted by molar-refractivity contribution is 0.366. The summed E-state index contributed by atoms with van der Waals surface area (Å²) >= 11 is 0. The monoisotopic (exact) mass is 225 g/mol. The maximum atomic E-state index is 13.2. The third kappa shape index (κ3) is 1.73. The lowest BCUT2D eigenvalue weighted by Gasteiger charge is -2.26. The summed E-state index contributed by atoms with van der Waals surface area (Å²) < 4.78 is 18.3. The van der Waals surface area contributed by atoms with Gasteiger partial charge in [-0.05, 0) is 18.9 Å². The third-order valence-corrected chi connectivity index (χ3v) is 3.30. The van der Waals surface area contributed by atoms with E-state index in [9.17, 15) is 9.50 Å². The standard InChI is InChI=1S/C12H16FNO2/c1-16-11-7-9(13)10(15)6-8(11)12(14)4-2-3-5-12/h6-7,15H,2-5,14H2,1H3. The van der Waals surface area contributed by atoms with Gasteiger partial charge in [-0.1, -0.05) is 12.8 Å². The van der Waals surface area contributed by atoms with Gasteiger partial charge in [0.15, 0.2) is 11.6 Å². The molecule has 4 heteroatoms. The van der Waals surface area contributed by atoms with Crippen LogP contribution in [0, 0.1) is 5.82 Å². The highest BCUT2D eigenvalue weighted by molar-refractivity contribution is 5.45. The first-order chi connectivity index (χ1) is 7.57. The Morgan fingerprint density at radius 3 is 2.56 bits per heavy atom. The fourth-order valence-electron chi connectivity index (χ4n) is 2.38. The fourth-order valence-corrected chi connectivity index (χ4v) is 2.38. The van der Waals surface area contributed by atoms with Gasteiger partial charge in [-0.2, -0.15) is 0 Å². The quantitative estimate of drug-likeness (QED) is 0.811. The molecule has 0 radical (unpaired) electrons. The highest BCUT2D eigenvalue weighted by Gasteiger charge is 2.34. The minimum atomic E-state index is -0.679. The highest BCUT2D eigenvalue weighted by Crippen LogP contribution is 2.42. The van der Waals surface area contributed by atoms with Crippen LogP contribution in [0.25, 0.3) is 0 Å². The predicted octanol–water partition coefficient (Wildman–Crippen LogP) is 2.27.